The predicted molar refractivity (Wildman–Crippen MR) is 61.3 cm³/mol. The minimum atomic E-state index is -0.224. The maximum Gasteiger partial charge on any atom is 0.311 e. The van der Waals surface area contributed by atoms with Gasteiger partial charge in [0.2, 0.25) is 6.41 Å². The summed E-state index contributed by atoms with van der Waals surface area (Å²) in [6, 6.07) is 6.65. The molecule has 16 heavy (non-hydrogen) atoms. The second kappa shape index (κ2) is 6.61. The van der Waals surface area contributed by atoms with Crippen LogP contribution >= 0.6 is 0 Å². The van der Waals surface area contributed by atoms with Gasteiger partial charge in [-0.1, -0.05) is 13.3 Å². The van der Waals surface area contributed by atoms with Gasteiger partial charge in [-0.2, -0.15) is 0 Å². The van der Waals surface area contributed by atoms with Crippen molar-refractivity contribution in [2.24, 2.45) is 0 Å². The summed E-state index contributed by atoms with van der Waals surface area (Å²) in [5, 5.41) is 2.50. The third-order valence-electron chi connectivity index (χ3n) is 2.05. The Morgan fingerprint density at radius 2 is 2.06 bits per heavy atom. The third kappa shape index (κ3) is 4.13. The Labute approximate surface area is 94.6 Å². The summed E-state index contributed by atoms with van der Waals surface area (Å²) in [6.07, 6.45) is 2.84. The van der Waals surface area contributed by atoms with Gasteiger partial charge >= 0.3 is 5.97 Å². The molecule has 0 radical (unpaired) electrons. The number of carbonyl (C=O) groups excluding carboxylic acids is 2. The third-order valence-corrected chi connectivity index (χ3v) is 2.05. The molecular weight excluding hydrogens is 206 g/mol. The Balaban J connectivity index is 2.48. The van der Waals surface area contributed by atoms with Crippen LogP contribution in [0.25, 0.3) is 0 Å². The molecule has 0 heterocycles. The highest BCUT2D eigenvalue weighted by atomic mass is 16.5. The molecule has 4 nitrogen and oxygen atoms in total. The van der Waals surface area contributed by atoms with E-state index in [4.69, 9.17) is 4.74 Å². The van der Waals surface area contributed by atoms with Gasteiger partial charge in [0, 0.05) is 12.1 Å². The fraction of sp³-hybridized carbons (Fsp3) is 0.333. The number of esters is 1. The molecule has 0 atom stereocenters. The van der Waals surface area contributed by atoms with E-state index in [-0.39, 0.29) is 5.97 Å². The van der Waals surface area contributed by atoms with E-state index in [1.54, 1.807) is 24.3 Å². The number of amides is 1. The normalized spacial score (nSPS) is 9.56. The van der Waals surface area contributed by atoms with Crippen molar-refractivity contribution >= 4 is 18.1 Å². The van der Waals surface area contributed by atoms with Crippen LogP contribution in [0.1, 0.15) is 26.2 Å². The Hall–Kier alpha value is -1.84. The second-order valence-electron chi connectivity index (χ2n) is 3.36. The van der Waals surface area contributed by atoms with Gasteiger partial charge in [-0.3, -0.25) is 9.59 Å². The molecule has 0 saturated heterocycles. The molecule has 0 spiro atoms. The number of nitrogens with one attached hydrogen (secondary N) is 1. The summed E-state index contributed by atoms with van der Waals surface area (Å²) in [4.78, 5) is 21.4. The first-order chi connectivity index (χ1) is 7.76. The van der Waals surface area contributed by atoms with E-state index in [2.05, 4.69) is 5.32 Å². The van der Waals surface area contributed by atoms with Gasteiger partial charge in [-0.15, -0.1) is 0 Å². The van der Waals surface area contributed by atoms with Gasteiger partial charge < -0.3 is 10.1 Å². The molecule has 0 bridgehead atoms. The first kappa shape index (κ1) is 12.2. The Kier molecular flexibility index (Phi) is 5.05. The molecule has 1 amide bonds. The lowest BCUT2D eigenvalue weighted by molar-refractivity contribution is -0.134. The summed E-state index contributed by atoms with van der Waals surface area (Å²) in [5.41, 5.74) is 0.670. The lowest BCUT2D eigenvalue weighted by Gasteiger charge is -2.04. The number of carbonyl (C=O) groups is 2. The maximum absolute atomic E-state index is 11.3. The Morgan fingerprint density at radius 1 is 1.38 bits per heavy atom. The van der Waals surface area contributed by atoms with Crippen LogP contribution in [0.15, 0.2) is 24.3 Å². The predicted octanol–water partition coefficient (Wildman–Crippen LogP) is 2.35. The van der Waals surface area contributed by atoms with Crippen LogP contribution < -0.4 is 10.1 Å². The zero-order valence-corrected chi connectivity index (χ0v) is 9.23. The first-order valence-electron chi connectivity index (χ1n) is 5.27. The molecule has 1 aromatic rings. The topological polar surface area (TPSA) is 55.4 Å². The maximum atomic E-state index is 11.3. The lowest BCUT2D eigenvalue weighted by Crippen LogP contribution is -2.07. The quantitative estimate of drug-likeness (QED) is 0.455. The number of hydrogen-bond acceptors (Lipinski definition) is 3. The average molecular weight is 221 g/mol. The molecule has 4 heteroatoms. The van der Waals surface area contributed by atoms with Gasteiger partial charge in [0.1, 0.15) is 5.75 Å². The van der Waals surface area contributed by atoms with E-state index in [1.807, 2.05) is 6.92 Å². The van der Waals surface area contributed by atoms with Crippen LogP contribution in [0.4, 0.5) is 5.69 Å². The second-order valence-corrected chi connectivity index (χ2v) is 3.36. The van der Waals surface area contributed by atoms with Gasteiger partial charge in [0.25, 0.3) is 0 Å². The van der Waals surface area contributed by atoms with Crippen molar-refractivity contribution < 1.29 is 14.3 Å². The molecule has 1 aromatic carbocycles. The summed E-state index contributed by atoms with van der Waals surface area (Å²) in [5.74, 6) is 0.274. The zero-order chi connectivity index (χ0) is 11.8. The molecule has 0 saturated carbocycles. The number of ether oxygens (including phenoxy) is 1. The van der Waals surface area contributed by atoms with Gasteiger partial charge in [-0.05, 0) is 30.7 Å². The number of anilines is 1. The number of rotatable bonds is 6. The zero-order valence-electron chi connectivity index (χ0n) is 9.23. The summed E-state index contributed by atoms with van der Waals surface area (Å²) < 4.78 is 5.09. The number of unbranched alkanes of at least 4 members (excludes halogenated alkanes) is 1. The van der Waals surface area contributed by atoms with Crippen molar-refractivity contribution in [3.05, 3.63) is 24.3 Å². The van der Waals surface area contributed by atoms with Crippen LogP contribution in [0, 0.1) is 0 Å². The van der Waals surface area contributed by atoms with Crippen molar-refractivity contribution in [3.8, 4) is 5.75 Å². The van der Waals surface area contributed by atoms with Crippen molar-refractivity contribution in [3.63, 3.8) is 0 Å². The standard InChI is InChI=1S/C12H15NO3/c1-2-3-4-12(15)16-11-7-5-10(6-8-11)13-9-14/h5-9H,2-4H2,1H3,(H,13,14). The van der Waals surface area contributed by atoms with Crippen molar-refractivity contribution in [1.82, 2.24) is 0 Å². The summed E-state index contributed by atoms with van der Waals surface area (Å²) >= 11 is 0. The van der Waals surface area contributed by atoms with Crippen LogP contribution in [-0.2, 0) is 9.59 Å². The van der Waals surface area contributed by atoms with Crippen molar-refractivity contribution in [2.75, 3.05) is 5.32 Å². The smallest absolute Gasteiger partial charge is 0.311 e. The van der Waals surface area contributed by atoms with Gasteiger partial charge in [0.05, 0.1) is 0 Å². The molecule has 0 aliphatic heterocycles. The van der Waals surface area contributed by atoms with Gasteiger partial charge in [-0.25, -0.2) is 0 Å². The largest absolute Gasteiger partial charge is 0.427 e. The Bertz CT molecular complexity index is 346. The summed E-state index contributed by atoms with van der Waals surface area (Å²) in [6.45, 7) is 2.02. The van der Waals surface area contributed by atoms with E-state index in [1.165, 1.54) is 0 Å². The fourth-order valence-corrected chi connectivity index (χ4v) is 1.19. The molecule has 1 N–H and O–H groups in total. The molecule has 0 aliphatic rings. The van der Waals surface area contributed by atoms with E-state index in [0.717, 1.165) is 12.8 Å². The van der Waals surface area contributed by atoms with E-state index < -0.39 is 0 Å². The molecule has 1 rings (SSSR count). The monoisotopic (exact) mass is 221 g/mol. The fourth-order valence-electron chi connectivity index (χ4n) is 1.19. The molecule has 0 fully saturated rings. The van der Waals surface area contributed by atoms with Crippen molar-refractivity contribution in [2.45, 2.75) is 26.2 Å². The molecule has 0 unspecified atom stereocenters. The highest BCUT2D eigenvalue weighted by Gasteiger charge is 2.03. The van der Waals surface area contributed by atoms with Crippen LogP contribution in [0.2, 0.25) is 0 Å². The van der Waals surface area contributed by atoms with Crippen LogP contribution in [-0.4, -0.2) is 12.4 Å². The summed E-state index contributed by atoms with van der Waals surface area (Å²) in [7, 11) is 0. The molecule has 0 aromatic heterocycles. The highest BCUT2D eigenvalue weighted by molar-refractivity contribution is 5.74. The van der Waals surface area contributed by atoms with Crippen LogP contribution in [0.3, 0.4) is 0 Å². The number of benzene rings is 1. The van der Waals surface area contributed by atoms with E-state index in [0.29, 0.717) is 24.3 Å². The van der Waals surface area contributed by atoms with E-state index in [9.17, 15) is 9.59 Å². The average Bonchev–Trinajstić information content (AvgIpc) is 2.29. The first-order valence-corrected chi connectivity index (χ1v) is 5.27. The lowest BCUT2D eigenvalue weighted by atomic mass is 10.2. The minimum Gasteiger partial charge on any atom is -0.427 e. The Morgan fingerprint density at radius 3 is 2.62 bits per heavy atom. The molecular formula is C12H15NO3. The molecule has 86 valence electrons. The SMILES string of the molecule is CCCCC(=O)Oc1ccc(NC=O)cc1. The number of hydrogen-bond donors (Lipinski definition) is 1. The van der Waals surface area contributed by atoms with Gasteiger partial charge in [0.15, 0.2) is 0 Å². The minimum absolute atomic E-state index is 0.224. The van der Waals surface area contributed by atoms with E-state index >= 15 is 0 Å². The van der Waals surface area contributed by atoms with Crippen LogP contribution in [0.5, 0.6) is 5.75 Å². The highest BCUT2D eigenvalue weighted by Crippen LogP contribution is 2.15. The molecule has 0 aliphatic carbocycles. The van der Waals surface area contributed by atoms with Crippen molar-refractivity contribution in [1.29, 1.82) is 0 Å².